The third-order valence-electron chi connectivity index (χ3n) is 6.55. The molecule has 0 saturated heterocycles. The van der Waals surface area contributed by atoms with Gasteiger partial charge in [-0.15, -0.1) is 70.6 Å². The molecule has 1 saturated carbocycles. The standard InChI is InChI=1S/C21H42S18/c22-4-34-19(35-5-23)13(28)1-10-16(31)11(2-14(29)20(36-6-24)37-7-25)18(33)12(17(10)32)3-15(30)21(38-8-26)39-9-27/h10-33H,1-9H2. The molecule has 234 valence electrons. The molecule has 1 aliphatic carbocycles. The zero-order valence-electron chi connectivity index (χ0n) is 21.1. The minimum atomic E-state index is 0.147. The van der Waals surface area contributed by atoms with Gasteiger partial charge in [0.15, 0.2) is 0 Å². The molecule has 0 spiro atoms. The topological polar surface area (TPSA) is 0 Å². The fourth-order valence-electron chi connectivity index (χ4n) is 4.82. The van der Waals surface area contributed by atoms with Crippen molar-refractivity contribution >= 4 is 222 Å². The number of rotatable bonds is 21. The molecule has 0 bridgehead atoms. The normalized spacial score (nSPS) is 28.4. The largest absolute Gasteiger partial charge is 0.175 e. The maximum Gasteiger partial charge on any atom is 0.0634 e. The third kappa shape index (κ3) is 15.2. The van der Waals surface area contributed by atoms with Gasteiger partial charge in [-0.2, -0.15) is 152 Å². The molecule has 0 aliphatic heterocycles. The summed E-state index contributed by atoms with van der Waals surface area (Å²) in [5, 5.41) is 5.54. The van der Waals surface area contributed by atoms with Crippen LogP contribution in [0.3, 0.4) is 0 Å². The highest BCUT2D eigenvalue weighted by Gasteiger charge is 2.48. The molecule has 0 radical (unpaired) electrons. The van der Waals surface area contributed by atoms with E-state index in [9.17, 15) is 0 Å². The van der Waals surface area contributed by atoms with Gasteiger partial charge in [0.05, 0.1) is 13.7 Å². The van der Waals surface area contributed by atoms with E-state index in [2.05, 4.69) is 75.8 Å². The molecule has 3 unspecified atom stereocenters. The molecule has 0 N–H and O–H groups in total. The van der Waals surface area contributed by atoms with Gasteiger partial charge in [0.25, 0.3) is 0 Å². The molecule has 0 aromatic carbocycles. The Kier molecular flexibility index (Phi) is 28.1. The van der Waals surface area contributed by atoms with Gasteiger partial charge in [0, 0.05) is 62.0 Å². The number of hydrogen-bond acceptors (Lipinski definition) is 18. The van der Waals surface area contributed by atoms with Crippen molar-refractivity contribution in [2.45, 2.75) is 64.5 Å². The Hall–Kier alpha value is 6.30. The van der Waals surface area contributed by atoms with E-state index in [0.717, 1.165) is 49.8 Å². The predicted octanol–water partition coefficient (Wildman–Crippen LogP) is 9.51. The Labute approximate surface area is 330 Å². The van der Waals surface area contributed by atoms with E-state index in [-0.39, 0.29) is 49.3 Å². The van der Waals surface area contributed by atoms with Crippen LogP contribution in [0.4, 0.5) is 0 Å². The lowest BCUT2D eigenvalue weighted by Crippen LogP contribution is -2.52. The third-order valence-corrected chi connectivity index (χ3v) is 21.6. The average Bonchev–Trinajstić information content (AvgIpc) is 2.90. The Bertz CT molecular complexity index is 507. The van der Waals surface area contributed by atoms with E-state index in [1.807, 2.05) is 70.6 Å². The molecule has 1 fully saturated rings. The molecule has 0 aromatic heterocycles. The Balaban J connectivity index is 3.29. The van der Waals surface area contributed by atoms with E-state index in [1.165, 1.54) is 0 Å². The first-order valence-corrected chi connectivity index (χ1v) is 25.2. The molecule has 3 atom stereocenters. The fourth-order valence-corrected chi connectivity index (χ4v) is 19.3. The SMILES string of the molecule is SCSC(SCS)C(S)CC1C(S)C(CC(S)C(SCS)SCS)C(S)C(CC(S)C(SCS)SCS)C1S. The summed E-state index contributed by atoms with van der Waals surface area (Å²) in [6.45, 7) is 0. The Morgan fingerprint density at radius 3 is 0.718 bits per heavy atom. The summed E-state index contributed by atoms with van der Waals surface area (Å²) in [7, 11) is 0. The lowest BCUT2D eigenvalue weighted by atomic mass is 9.69. The molecule has 18 heteroatoms. The van der Waals surface area contributed by atoms with Crippen LogP contribution in [0.1, 0.15) is 19.3 Å². The van der Waals surface area contributed by atoms with E-state index in [0.29, 0.717) is 13.7 Å². The second kappa shape index (κ2) is 25.3. The van der Waals surface area contributed by atoms with Gasteiger partial charge in [-0.1, -0.05) is 0 Å². The van der Waals surface area contributed by atoms with Crippen LogP contribution in [0.2, 0.25) is 0 Å². The minimum Gasteiger partial charge on any atom is -0.175 e. The van der Waals surface area contributed by atoms with Crippen molar-refractivity contribution in [3.63, 3.8) is 0 Å². The summed E-state index contributed by atoms with van der Waals surface area (Å²) >= 11 is 69.0. The molecule has 39 heavy (non-hydrogen) atoms. The van der Waals surface area contributed by atoms with Crippen molar-refractivity contribution in [1.29, 1.82) is 0 Å². The molecule has 0 aromatic rings. The second-order valence-corrected chi connectivity index (χ2v) is 24.7. The van der Waals surface area contributed by atoms with Crippen LogP contribution < -0.4 is 0 Å². The van der Waals surface area contributed by atoms with Crippen LogP contribution in [0, 0.1) is 17.8 Å². The maximum absolute atomic E-state index is 5.30. The highest BCUT2D eigenvalue weighted by atomic mass is 32.2. The van der Waals surface area contributed by atoms with Gasteiger partial charge in [-0.05, 0) is 37.0 Å². The van der Waals surface area contributed by atoms with Gasteiger partial charge in [-0.25, -0.2) is 0 Å². The molecule has 1 aliphatic rings. The van der Waals surface area contributed by atoms with Crippen molar-refractivity contribution in [2.75, 3.05) is 30.5 Å². The van der Waals surface area contributed by atoms with Crippen LogP contribution in [-0.2, 0) is 0 Å². The molecule has 0 heterocycles. The van der Waals surface area contributed by atoms with Crippen molar-refractivity contribution in [3.05, 3.63) is 0 Å². The fraction of sp³-hybridized carbons (Fsp3) is 1.00. The molecule has 1 rings (SSSR count). The molecule has 0 amide bonds. The summed E-state index contributed by atoms with van der Waals surface area (Å²) in [6.07, 6.45) is 2.79. The van der Waals surface area contributed by atoms with E-state index in [4.69, 9.17) is 75.8 Å². The average molecular weight is 872 g/mol. The highest BCUT2D eigenvalue weighted by Crippen LogP contribution is 2.51. The van der Waals surface area contributed by atoms with E-state index < -0.39 is 0 Å². The smallest absolute Gasteiger partial charge is 0.0634 e. The number of thioether (sulfide) groups is 6. The molecular weight excluding hydrogens is 829 g/mol. The van der Waals surface area contributed by atoms with Crippen LogP contribution >= 0.6 is 222 Å². The lowest BCUT2D eigenvalue weighted by Gasteiger charge is -2.50. The molecular formula is C21H42S18. The van der Waals surface area contributed by atoms with Gasteiger partial charge in [-0.3, -0.25) is 0 Å². The number of thiol groups is 12. The van der Waals surface area contributed by atoms with Crippen molar-refractivity contribution < 1.29 is 0 Å². The maximum atomic E-state index is 5.30. The second-order valence-electron chi connectivity index (χ2n) is 8.75. The van der Waals surface area contributed by atoms with Gasteiger partial charge in [0.2, 0.25) is 0 Å². The first-order valence-electron chi connectivity index (χ1n) is 12.0. The van der Waals surface area contributed by atoms with Gasteiger partial charge >= 0.3 is 0 Å². The zero-order valence-corrected chi connectivity index (χ0v) is 36.7. The molecule has 0 nitrogen and oxygen atoms in total. The van der Waals surface area contributed by atoms with Gasteiger partial charge in [0.1, 0.15) is 0 Å². The quantitative estimate of drug-likeness (QED) is 0.0408. The summed E-state index contributed by atoms with van der Waals surface area (Å²) < 4.78 is 0.948. The van der Waals surface area contributed by atoms with Gasteiger partial charge < -0.3 is 0 Å². The minimum absolute atomic E-state index is 0.147. The van der Waals surface area contributed by atoms with Crippen LogP contribution in [0.25, 0.3) is 0 Å². The summed E-state index contributed by atoms with van der Waals surface area (Å²) in [5.41, 5.74) is 0. The lowest BCUT2D eigenvalue weighted by molar-refractivity contribution is 0.204. The summed E-state index contributed by atoms with van der Waals surface area (Å²) in [4.78, 5) is 0. The van der Waals surface area contributed by atoms with Crippen LogP contribution in [0.5, 0.6) is 0 Å². The number of hydrogen-bond donors (Lipinski definition) is 12. The van der Waals surface area contributed by atoms with E-state index >= 15 is 0 Å². The summed E-state index contributed by atoms with van der Waals surface area (Å²) in [5.74, 6) is 0.845. The Morgan fingerprint density at radius 2 is 0.564 bits per heavy atom. The van der Waals surface area contributed by atoms with Crippen molar-refractivity contribution in [3.8, 4) is 0 Å². The van der Waals surface area contributed by atoms with Crippen LogP contribution in [0.15, 0.2) is 0 Å². The van der Waals surface area contributed by atoms with Crippen molar-refractivity contribution in [1.82, 2.24) is 0 Å². The first kappa shape index (κ1) is 43.3. The predicted molar refractivity (Wildman–Crippen MR) is 241 cm³/mol. The van der Waals surface area contributed by atoms with Crippen molar-refractivity contribution in [2.24, 2.45) is 17.8 Å². The highest BCUT2D eigenvalue weighted by molar-refractivity contribution is 8.25. The zero-order chi connectivity index (χ0) is 29.5. The van der Waals surface area contributed by atoms with Crippen LogP contribution in [-0.4, -0.2) is 75.8 Å². The Morgan fingerprint density at radius 1 is 0.385 bits per heavy atom. The first-order chi connectivity index (χ1) is 18.6. The van der Waals surface area contributed by atoms with E-state index in [1.54, 1.807) is 0 Å². The monoisotopic (exact) mass is 870 g/mol. The summed E-state index contributed by atoms with van der Waals surface area (Å²) in [6, 6.07) is 0.